The minimum atomic E-state index is -0.344. The lowest BCUT2D eigenvalue weighted by Gasteiger charge is -2.08. The molecule has 3 heterocycles. The SMILES string of the molecule is Cn1cnc2c1c(=O)n(CCCSc1nnnn1C1CC1)c(=O)n2C. The Morgan fingerprint density at radius 2 is 2.08 bits per heavy atom. The highest BCUT2D eigenvalue weighted by Crippen LogP contribution is 2.36. The van der Waals surface area contributed by atoms with E-state index in [1.807, 2.05) is 4.68 Å². The molecule has 0 N–H and O–H groups in total. The normalized spacial score (nSPS) is 14.5. The molecule has 0 amide bonds. The maximum absolute atomic E-state index is 12.6. The van der Waals surface area contributed by atoms with Crippen molar-refractivity contribution in [1.82, 2.24) is 38.9 Å². The van der Waals surface area contributed by atoms with Gasteiger partial charge in [0.15, 0.2) is 11.2 Å². The van der Waals surface area contributed by atoms with Crippen molar-refractivity contribution < 1.29 is 0 Å². The maximum Gasteiger partial charge on any atom is 0.332 e. The fraction of sp³-hybridized carbons (Fsp3) is 0.571. The molecule has 1 aliphatic rings. The third-order valence-corrected chi connectivity index (χ3v) is 5.33. The highest BCUT2D eigenvalue weighted by Gasteiger charge is 2.27. The van der Waals surface area contributed by atoms with Gasteiger partial charge in [-0.2, -0.15) is 0 Å². The van der Waals surface area contributed by atoms with Crippen LogP contribution in [0.15, 0.2) is 21.1 Å². The number of hydrogen-bond acceptors (Lipinski definition) is 7. The molecule has 0 bridgehead atoms. The molecule has 0 unspecified atom stereocenters. The molecular weight excluding hydrogens is 344 g/mol. The molecule has 132 valence electrons. The standard InChI is InChI=1S/C14H18N8O2S/c1-19-8-15-11-10(19)12(23)21(14(24)20(11)2)6-3-7-25-13-16-17-18-22(13)9-4-5-9/h8-9H,3-7H2,1-2H3. The number of imidazole rings is 1. The van der Waals surface area contributed by atoms with Crippen molar-refractivity contribution in [3.8, 4) is 0 Å². The molecule has 1 saturated carbocycles. The van der Waals surface area contributed by atoms with Gasteiger partial charge in [-0.25, -0.2) is 14.5 Å². The van der Waals surface area contributed by atoms with Crippen LogP contribution in [0.3, 0.4) is 0 Å². The van der Waals surface area contributed by atoms with Gasteiger partial charge in [0, 0.05) is 26.4 Å². The van der Waals surface area contributed by atoms with E-state index < -0.39 is 0 Å². The second kappa shape index (κ2) is 6.14. The van der Waals surface area contributed by atoms with Gasteiger partial charge in [-0.05, 0) is 29.7 Å². The summed E-state index contributed by atoms with van der Waals surface area (Å²) in [5.74, 6) is 0.728. The van der Waals surface area contributed by atoms with E-state index in [1.165, 1.54) is 9.13 Å². The van der Waals surface area contributed by atoms with Crippen LogP contribution in [0.1, 0.15) is 25.3 Å². The first kappa shape index (κ1) is 16.1. The zero-order chi connectivity index (χ0) is 17.6. The minimum Gasteiger partial charge on any atom is -0.328 e. The number of thioether (sulfide) groups is 1. The topological polar surface area (TPSA) is 105 Å². The first-order valence-electron chi connectivity index (χ1n) is 8.09. The van der Waals surface area contributed by atoms with E-state index >= 15 is 0 Å². The Balaban J connectivity index is 1.49. The van der Waals surface area contributed by atoms with E-state index in [9.17, 15) is 9.59 Å². The monoisotopic (exact) mass is 362 g/mol. The number of nitrogens with zero attached hydrogens (tertiary/aromatic N) is 8. The second-order valence-electron chi connectivity index (χ2n) is 6.17. The molecule has 0 aromatic carbocycles. The summed E-state index contributed by atoms with van der Waals surface area (Å²) in [5.41, 5.74) is 0.203. The molecule has 1 fully saturated rings. The number of hydrogen-bond donors (Lipinski definition) is 0. The smallest absolute Gasteiger partial charge is 0.328 e. The summed E-state index contributed by atoms with van der Waals surface area (Å²) in [4.78, 5) is 29.2. The van der Waals surface area contributed by atoms with Gasteiger partial charge in [0.25, 0.3) is 5.56 Å². The minimum absolute atomic E-state index is 0.300. The number of tetrazole rings is 1. The quantitative estimate of drug-likeness (QED) is 0.447. The largest absolute Gasteiger partial charge is 0.332 e. The van der Waals surface area contributed by atoms with E-state index in [-0.39, 0.29) is 11.2 Å². The predicted octanol–water partition coefficient (Wildman–Crippen LogP) is -0.0625. The summed E-state index contributed by atoms with van der Waals surface area (Å²) in [7, 11) is 3.38. The fourth-order valence-corrected chi connectivity index (χ4v) is 3.68. The third kappa shape index (κ3) is 2.77. The highest BCUT2D eigenvalue weighted by molar-refractivity contribution is 7.99. The average molecular weight is 362 g/mol. The van der Waals surface area contributed by atoms with Crippen LogP contribution >= 0.6 is 11.8 Å². The average Bonchev–Trinajstić information content (AvgIpc) is 3.21. The Kier molecular flexibility index (Phi) is 3.94. The van der Waals surface area contributed by atoms with Crippen LogP contribution in [0.2, 0.25) is 0 Å². The molecule has 10 nitrogen and oxygen atoms in total. The van der Waals surface area contributed by atoms with Gasteiger partial charge in [-0.15, -0.1) is 5.10 Å². The molecular formula is C14H18N8O2S. The number of rotatable bonds is 6. The molecule has 0 saturated heterocycles. The summed E-state index contributed by atoms with van der Waals surface area (Å²) in [6.07, 6.45) is 4.45. The van der Waals surface area contributed by atoms with Crippen molar-refractivity contribution in [1.29, 1.82) is 0 Å². The Labute approximate surface area is 146 Å². The summed E-state index contributed by atoms with van der Waals surface area (Å²) in [6.45, 7) is 0.352. The molecule has 11 heteroatoms. The van der Waals surface area contributed by atoms with E-state index in [1.54, 1.807) is 36.8 Å². The Hall–Kier alpha value is -2.43. The first-order chi connectivity index (χ1) is 12.1. The van der Waals surface area contributed by atoms with Gasteiger partial charge in [-0.3, -0.25) is 13.9 Å². The molecule has 3 aromatic rings. The summed E-state index contributed by atoms with van der Waals surface area (Å²) < 4.78 is 6.19. The van der Waals surface area contributed by atoms with Gasteiger partial charge < -0.3 is 4.57 Å². The Bertz CT molecular complexity index is 1040. The van der Waals surface area contributed by atoms with Crippen molar-refractivity contribution in [2.75, 3.05) is 5.75 Å². The molecule has 0 spiro atoms. The zero-order valence-electron chi connectivity index (χ0n) is 14.0. The third-order valence-electron chi connectivity index (χ3n) is 4.31. The lowest BCUT2D eigenvalue weighted by atomic mass is 10.4. The van der Waals surface area contributed by atoms with Crippen LogP contribution < -0.4 is 11.2 Å². The lowest BCUT2D eigenvalue weighted by molar-refractivity contribution is 0.564. The van der Waals surface area contributed by atoms with E-state index in [4.69, 9.17) is 0 Å². The number of aromatic nitrogens is 8. The molecule has 4 rings (SSSR count). The van der Waals surface area contributed by atoms with E-state index in [2.05, 4.69) is 20.5 Å². The molecule has 3 aromatic heterocycles. The van der Waals surface area contributed by atoms with Gasteiger partial charge in [0.1, 0.15) is 0 Å². The summed E-state index contributed by atoms with van der Waals surface area (Å²) in [5, 5.41) is 12.6. The van der Waals surface area contributed by atoms with Gasteiger partial charge in [0.05, 0.1) is 12.4 Å². The van der Waals surface area contributed by atoms with E-state index in [0.29, 0.717) is 30.2 Å². The maximum atomic E-state index is 12.6. The Morgan fingerprint density at radius 3 is 2.84 bits per heavy atom. The van der Waals surface area contributed by atoms with Crippen molar-refractivity contribution in [2.24, 2.45) is 14.1 Å². The van der Waals surface area contributed by atoms with Crippen LogP contribution in [0, 0.1) is 0 Å². The highest BCUT2D eigenvalue weighted by atomic mass is 32.2. The van der Waals surface area contributed by atoms with Crippen molar-refractivity contribution in [3.05, 3.63) is 27.2 Å². The van der Waals surface area contributed by atoms with Gasteiger partial charge in [0.2, 0.25) is 5.16 Å². The molecule has 0 radical (unpaired) electrons. The van der Waals surface area contributed by atoms with Gasteiger partial charge >= 0.3 is 5.69 Å². The van der Waals surface area contributed by atoms with Crippen LogP contribution in [0.25, 0.3) is 11.2 Å². The van der Waals surface area contributed by atoms with E-state index in [0.717, 1.165) is 23.8 Å². The van der Waals surface area contributed by atoms with Crippen molar-refractivity contribution in [2.45, 2.75) is 37.0 Å². The number of fused-ring (bicyclic) bond motifs is 1. The zero-order valence-corrected chi connectivity index (χ0v) is 14.8. The van der Waals surface area contributed by atoms with Crippen LogP contribution in [-0.4, -0.2) is 44.6 Å². The second-order valence-corrected chi connectivity index (χ2v) is 7.23. The fourth-order valence-electron chi connectivity index (χ4n) is 2.81. The Morgan fingerprint density at radius 1 is 1.28 bits per heavy atom. The first-order valence-corrected chi connectivity index (χ1v) is 9.08. The predicted molar refractivity (Wildman–Crippen MR) is 91.6 cm³/mol. The lowest BCUT2D eigenvalue weighted by Crippen LogP contribution is -2.39. The van der Waals surface area contributed by atoms with Crippen LogP contribution in [-0.2, 0) is 20.6 Å². The molecule has 1 aliphatic carbocycles. The van der Waals surface area contributed by atoms with Crippen LogP contribution in [0.5, 0.6) is 0 Å². The number of aryl methyl sites for hydroxylation is 2. The summed E-state index contributed by atoms with van der Waals surface area (Å²) in [6, 6.07) is 0.430. The summed E-state index contributed by atoms with van der Waals surface area (Å²) >= 11 is 1.55. The molecule has 25 heavy (non-hydrogen) atoms. The molecule has 0 aliphatic heterocycles. The molecule has 0 atom stereocenters. The van der Waals surface area contributed by atoms with Gasteiger partial charge in [-0.1, -0.05) is 11.8 Å². The van der Waals surface area contributed by atoms with Crippen molar-refractivity contribution in [3.63, 3.8) is 0 Å². The van der Waals surface area contributed by atoms with Crippen LogP contribution in [0.4, 0.5) is 0 Å². The van der Waals surface area contributed by atoms with Crippen molar-refractivity contribution >= 4 is 22.9 Å².